The van der Waals surface area contributed by atoms with Crippen molar-refractivity contribution in [3.05, 3.63) is 86.9 Å². The second-order valence-electron chi connectivity index (χ2n) is 15.5. The number of piperidine rings is 2. The zero-order valence-electron chi connectivity index (χ0n) is 32.6. The van der Waals surface area contributed by atoms with Crippen LogP contribution in [-0.2, 0) is 9.47 Å². The van der Waals surface area contributed by atoms with E-state index in [4.69, 9.17) is 21.1 Å². The van der Waals surface area contributed by atoms with Crippen LogP contribution in [0, 0.1) is 17.5 Å². The first-order valence-electron chi connectivity index (χ1n) is 20.1. The van der Waals surface area contributed by atoms with Crippen molar-refractivity contribution in [2.24, 2.45) is 0 Å². The third-order valence-electron chi connectivity index (χ3n) is 11.4. The Morgan fingerprint density at radius 1 is 0.857 bits per heavy atom. The van der Waals surface area contributed by atoms with E-state index < -0.39 is 54.1 Å². The fraction of sp³-hybridized carbons (Fsp3) is 0.512. The molecule has 3 heterocycles. The summed E-state index contributed by atoms with van der Waals surface area (Å²) in [6, 6.07) is 5.88. The van der Waals surface area contributed by atoms with Gasteiger partial charge in [-0.3, -0.25) is 4.79 Å². The van der Waals surface area contributed by atoms with E-state index in [1.54, 1.807) is 0 Å². The van der Waals surface area contributed by atoms with Crippen molar-refractivity contribution in [3.8, 4) is 0 Å². The molecule has 302 valence electrons. The van der Waals surface area contributed by atoms with Crippen LogP contribution in [0.25, 0.3) is 5.57 Å². The number of carboxylic acids is 1. The number of ether oxygens (including phenoxy) is 2. The summed E-state index contributed by atoms with van der Waals surface area (Å²) in [6.07, 6.45) is 16.4. The van der Waals surface area contributed by atoms with Crippen molar-refractivity contribution >= 4 is 53.7 Å². The number of carboxylic acid groups (broad SMARTS) is 1. The van der Waals surface area contributed by atoms with Crippen molar-refractivity contribution < 1.29 is 41.9 Å². The number of nitrogens with zero attached hydrogens (tertiary/aromatic N) is 2. The lowest BCUT2D eigenvalue weighted by molar-refractivity contribution is -0.535. The van der Waals surface area contributed by atoms with Crippen molar-refractivity contribution in [2.75, 3.05) is 69.9 Å². The lowest BCUT2D eigenvalue weighted by atomic mass is 9.85. The summed E-state index contributed by atoms with van der Waals surface area (Å²) in [7, 11) is -2.60. The second-order valence-corrected chi connectivity index (χ2v) is 20.2. The van der Waals surface area contributed by atoms with Gasteiger partial charge in [0.2, 0.25) is 0 Å². The van der Waals surface area contributed by atoms with E-state index in [1.807, 2.05) is 24.3 Å². The molecule has 1 N–H and O–H groups in total. The number of hydrogen-bond acceptors (Lipinski definition) is 6. The molecule has 1 amide bonds. The molecule has 2 fully saturated rings. The molecule has 6 rings (SSSR count). The maximum absolute atomic E-state index is 17.1. The molecular formula is C43H53ClF3N3O5Si. The summed E-state index contributed by atoms with van der Waals surface area (Å²) < 4.78 is 62.3. The number of rotatable bonds is 16. The molecule has 8 nitrogen and oxygen atoms in total. The monoisotopic (exact) mass is 811 g/mol. The highest BCUT2D eigenvalue weighted by Gasteiger charge is 2.43. The van der Waals surface area contributed by atoms with E-state index in [9.17, 15) is 14.7 Å². The first kappa shape index (κ1) is 41.9. The number of amides is 1. The number of hydrogen-bond donors (Lipinski definition) is 1. The fourth-order valence-corrected chi connectivity index (χ4v) is 11.6. The third-order valence-corrected chi connectivity index (χ3v) is 15.2. The number of alkyl halides is 1. The van der Waals surface area contributed by atoms with Gasteiger partial charge in [0.1, 0.15) is 32.5 Å². The highest BCUT2D eigenvalue weighted by atomic mass is 35.5. The number of anilines is 1. The SMILES string of the molecule is C[Si]1(C)C2=CC(=[N+]3CCCCC3)C=CC2=C(c2c(F)c(C(=O)NCCOCCOCCCCCCCl)c(F)c(F)c2C(=O)[O-])c2ccc(N3CCCCC3)cc21. The molecule has 0 bridgehead atoms. The molecule has 0 aromatic heterocycles. The van der Waals surface area contributed by atoms with Crippen LogP contribution in [0.4, 0.5) is 18.9 Å². The lowest BCUT2D eigenvalue weighted by Crippen LogP contribution is -2.50. The van der Waals surface area contributed by atoms with Gasteiger partial charge in [-0.05, 0) is 83.8 Å². The van der Waals surface area contributed by atoms with E-state index in [1.165, 1.54) is 0 Å². The molecule has 0 spiro atoms. The summed E-state index contributed by atoms with van der Waals surface area (Å²) in [6.45, 7) is 9.05. The maximum Gasteiger partial charge on any atom is 0.257 e. The minimum absolute atomic E-state index is 0.0110. The highest BCUT2D eigenvalue weighted by molar-refractivity contribution is 6.98. The Hall–Kier alpha value is -3.71. The van der Waals surface area contributed by atoms with E-state index in [2.05, 4.69) is 40.0 Å². The van der Waals surface area contributed by atoms with Crippen molar-refractivity contribution in [2.45, 2.75) is 77.3 Å². The van der Waals surface area contributed by atoms with Crippen LogP contribution >= 0.6 is 11.6 Å². The number of benzene rings is 2. The van der Waals surface area contributed by atoms with Gasteiger partial charge in [-0.1, -0.05) is 32.0 Å². The molecule has 0 unspecified atom stereocenters. The van der Waals surface area contributed by atoms with Gasteiger partial charge in [-0.2, -0.15) is 0 Å². The standard InChI is InChI=1S/C43H53ClF3N3O5Si/c1-56(2)33-27-29(49-19-8-5-9-20-49)13-15-31(33)35(32-16-14-30(28-34(32)56)50-21-10-6-11-22-50)36-37(43(52)53)40(46)41(47)38(39(36)45)42(51)48-18-24-55-26-25-54-23-12-4-3-7-17-44/h13-16,27-28H,3-12,17-26H2,1-2H3,(H-,48,51,52,53). The average Bonchev–Trinajstić information content (AvgIpc) is 3.20. The quantitative estimate of drug-likeness (QED) is 0.0692. The van der Waals surface area contributed by atoms with Gasteiger partial charge in [0, 0.05) is 73.9 Å². The summed E-state index contributed by atoms with van der Waals surface area (Å²) >= 11 is 5.70. The highest BCUT2D eigenvalue weighted by Crippen LogP contribution is 2.45. The minimum Gasteiger partial charge on any atom is -0.545 e. The molecule has 13 heteroatoms. The van der Waals surface area contributed by atoms with Crippen molar-refractivity contribution in [1.82, 2.24) is 5.32 Å². The number of allylic oxidation sites excluding steroid dienone is 5. The largest absolute Gasteiger partial charge is 0.545 e. The molecule has 2 saturated heterocycles. The average molecular weight is 812 g/mol. The summed E-state index contributed by atoms with van der Waals surface area (Å²) in [4.78, 5) is 28.5. The predicted molar refractivity (Wildman–Crippen MR) is 216 cm³/mol. The summed E-state index contributed by atoms with van der Waals surface area (Å²) in [5.41, 5.74) is 0.0297. The van der Waals surface area contributed by atoms with Crippen LogP contribution in [-0.4, -0.2) is 95.3 Å². The van der Waals surface area contributed by atoms with Crippen LogP contribution in [0.2, 0.25) is 13.1 Å². The second kappa shape index (κ2) is 19.2. The lowest BCUT2D eigenvalue weighted by Gasteiger charge is -2.39. The van der Waals surface area contributed by atoms with Gasteiger partial charge in [0.25, 0.3) is 5.91 Å². The predicted octanol–water partition coefficient (Wildman–Crippen LogP) is 6.42. The molecule has 56 heavy (non-hydrogen) atoms. The molecule has 0 atom stereocenters. The molecule has 3 aliphatic heterocycles. The van der Waals surface area contributed by atoms with Gasteiger partial charge in [-0.25, -0.2) is 17.7 Å². The number of carbonyl (C=O) groups is 2. The minimum atomic E-state index is -2.60. The Kier molecular flexibility index (Phi) is 14.3. The molecular weight excluding hydrogens is 759 g/mol. The molecule has 1 aliphatic carbocycles. The van der Waals surface area contributed by atoms with Crippen LogP contribution in [0.1, 0.15) is 96.1 Å². The smallest absolute Gasteiger partial charge is 0.257 e. The summed E-state index contributed by atoms with van der Waals surface area (Å²) in [5.74, 6) is -7.87. The van der Waals surface area contributed by atoms with Crippen LogP contribution in [0.5, 0.6) is 0 Å². The van der Waals surface area contributed by atoms with Gasteiger partial charge in [-0.15, -0.1) is 11.6 Å². The Morgan fingerprint density at radius 2 is 1.54 bits per heavy atom. The fourth-order valence-electron chi connectivity index (χ4n) is 8.38. The normalized spacial score (nSPS) is 17.8. The van der Waals surface area contributed by atoms with Crippen LogP contribution in [0.3, 0.4) is 0 Å². The molecule has 0 radical (unpaired) electrons. The Labute approximate surface area is 334 Å². The number of fused-ring (bicyclic) bond motifs is 2. The van der Waals surface area contributed by atoms with Gasteiger partial charge >= 0.3 is 0 Å². The van der Waals surface area contributed by atoms with Crippen LogP contribution < -0.4 is 20.5 Å². The number of halogens is 4. The number of carbonyl (C=O) groups excluding carboxylic acids is 2. The first-order chi connectivity index (χ1) is 27.1. The maximum atomic E-state index is 17.1. The van der Waals surface area contributed by atoms with E-state index in [0.717, 1.165) is 112 Å². The molecule has 2 aromatic rings. The van der Waals surface area contributed by atoms with Crippen molar-refractivity contribution in [1.29, 1.82) is 0 Å². The Bertz CT molecular complexity index is 1930. The topological polar surface area (TPSA) is 93.9 Å². The van der Waals surface area contributed by atoms with E-state index >= 15 is 13.2 Å². The zero-order chi connectivity index (χ0) is 39.8. The Morgan fingerprint density at radius 3 is 2.25 bits per heavy atom. The number of nitrogens with one attached hydrogen (secondary N) is 1. The summed E-state index contributed by atoms with van der Waals surface area (Å²) in [5, 5.41) is 17.0. The van der Waals surface area contributed by atoms with E-state index in [-0.39, 0.29) is 25.3 Å². The van der Waals surface area contributed by atoms with Crippen LogP contribution in [0.15, 0.2) is 47.2 Å². The van der Waals surface area contributed by atoms with Gasteiger partial charge < -0.3 is 29.6 Å². The first-order valence-corrected chi connectivity index (χ1v) is 23.7. The molecule has 0 saturated carbocycles. The van der Waals surface area contributed by atoms with Gasteiger partial charge in [0.15, 0.2) is 17.3 Å². The molecule has 2 aromatic carbocycles. The molecule has 4 aliphatic rings. The number of aromatic carboxylic acids is 1. The third kappa shape index (κ3) is 9.03. The van der Waals surface area contributed by atoms with E-state index in [0.29, 0.717) is 30.2 Å². The van der Waals surface area contributed by atoms with Crippen molar-refractivity contribution in [3.63, 3.8) is 0 Å². The zero-order valence-corrected chi connectivity index (χ0v) is 34.3. The number of unbranched alkanes of at least 4 members (excludes halogenated alkanes) is 3. The van der Waals surface area contributed by atoms with Gasteiger partial charge in [0.05, 0.1) is 25.8 Å². The Balaban J connectivity index is 1.36.